The van der Waals surface area contributed by atoms with Crippen molar-refractivity contribution in [2.45, 2.75) is 25.9 Å². The Morgan fingerprint density at radius 2 is 2.42 bits per heavy atom. The Morgan fingerprint density at radius 3 is 2.83 bits per heavy atom. The summed E-state index contributed by atoms with van der Waals surface area (Å²) in [6.45, 7) is 2.85. The van der Waals surface area contributed by atoms with Gasteiger partial charge in [0.25, 0.3) is 5.91 Å². The predicted molar refractivity (Wildman–Crippen MR) is 39.9 cm³/mol. The van der Waals surface area contributed by atoms with E-state index in [-0.39, 0.29) is 5.91 Å². The standard InChI is InChI=1S/C8H12FNO2/c1-8(5-6(8)9)7(11)10-3-2-4-12-10/h6H,2-5H2,1H3. The van der Waals surface area contributed by atoms with Crippen LogP contribution in [0, 0.1) is 5.41 Å². The van der Waals surface area contributed by atoms with Crippen LogP contribution in [-0.2, 0) is 9.63 Å². The molecule has 0 spiro atoms. The molecule has 0 N–H and O–H groups in total. The second-order valence-corrected chi connectivity index (χ2v) is 3.68. The molecule has 2 fully saturated rings. The molecule has 1 aliphatic heterocycles. The topological polar surface area (TPSA) is 29.5 Å². The van der Waals surface area contributed by atoms with Crippen LogP contribution < -0.4 is 0 Å². The molecule has 2 aliphatic rings. The highest BCUT2D eigenvalue weighted by Gasteiger charge is 2.59. The molecule has 12 heavy (non-hydrogen) atoms. The van der Waals surface area contributed by atoms with Crippen LogP contribution in [-0.4, -0.2) is 30.3 Å². The molecule has 0 aromatic carbocycles. The van der Waals surface area contributed by atoms with E-state index in [1.807, 2.05) is 0 Å². The van der Waals surface area contributed by atoms with Crippen LogP contribution in [0.25, 0.3) is 0 Å². The second kappa shape index (κ2) is 2.42. The molecule has 0 bridgehead atoms. The molecule has 1 heterocycles. The molecule has 68 valence electrons. The average Bonchev–Trinajstić information content (AvgIpc) is 2.59. The Kier molecular flexibility index (Phi) is 1.61. The van der Waals surface area contributed by atoms with Gasteiger partial charge in [-0.1, -0.05) is 0 Å². The number of hydrogen-bond donors (Lipinski definition) is 0. The van der Waals surface area contributed by atoms with Crippen LogP contribution >= 0.6 is 0 Å². The first kappa shape index (κ1) is 7.98. The van der Waals surface area contributed by atoms with Crippen molar-refractivity contribution in [2.24, 2.45) is 5.41 Å². The molecule has 1 saturated carbocycles. The molecule has 2 atom stereocenters. The van der Waals surface area contributed by atoms with Crippen LogP contribution in [0.3, 0.4) is 0 Å². The number of amides is 1. The first-order chi connectivity index (χ1) is 5.64. The zero-order valence-corrected chi connectivity index (χ0v) is 7.05. The van der Waals surface area contributed by atoms with Gasteiger partial charge < -0.3 is 0 Å². The Hall–Kier alpha value is -0.640. The smallest absolute Gasteiger partial charge is 0.255 e. The number of hydrogen-bond acceptors (Lipinski definition) is 2. The SMILES string of the molecule is CC1(C(=O)N2CCCO2)CC1F. The lowest BCUT2D eigenvalue weighted by Crippen LogP contribution is -2.33. The fraction of sp³-hybridized carbons (Fsp3) is 0.875. The van der Waals surface area contributed by atoms with Crippen molar-refractivity contribution in [1.29, 1.82) is 0 Å². The second-order valence-electron chi connectivity index (χ2n) is 3.68. The lowest BCUT2D eigenvalue weighted by molar-refractivity contribution is -0.175. The fourth-order valence-corrected chi connectivity index (χ4v) is 1.43. The van der Waals surface area contributed by atoms with Crippen molar-refractivity contribution in [3.63, 3.8) is 0 Å². The number of nitrogens with zero attached hydrogens (tertiary/aromatic N) is 1. The van der Waals surface area contributed by atoms with Gasteiger partial charge in [0, 0.05) is 0 Å². The van der Waals surface area contributed by atoms with Crippen molar-refractivity contribution < 1.29 is 14.0 Å². The minimum absolute atomic E-state index is 0.187. The summed E-state index contributed by atoms with van der Waals surface area (Å²) in [6, 6.07) is 0. The molecule has 1 saturated heterocycles. The molecule has 1 amide bonds. The quantitative estimate of drug-likeness (QED) is 0.589. The fourth-order valence-electron chi connectivity index (χ4n) is 1.43. The van der Waals surface area contributed by atoms with E-state index in [0.29, 0.717) is 19.6 Å². The molecule has 3 nitrogen and oxygen atoms in total. The van der Waals surface area contributed by atoms with Crippen LogP contribution in [0.15, 0.2) is 0 Å². The number of alkyl halides is 1. The van der Waals surface area contributed by atoms with Gasteiger partial charge in [0.15, 0.2) is 0 Å². The lowest BCUT2D eigenvalue weighted by atomic mass is 10.1. The number of carbonyl (C=O) groups is 1. The third kappa shape index (κ3) is 1.02. The highest BCUT2D eigenvalue weighted by atomic mass is 19.1. The highest BCUT2D eigenvalue weighted by molar-refractivity contribution is 5.85. The van der Waals surface area contributed by atoms with E-state index in [4.69, 9.17) is 4.84 Å². The number of carbonyl (C=O) groups excluding carboxylic acids is 1. The maximum atomic E-state index is 12.8. The zero-order valence-electron chi connectivity index (χ0n) is 7.05. The molecule has 0 aromatic heterocycles. The normalized spacial score (nSPS) is 40.2. The zero-order chi connectivity index (χ0) is 8.77. The first-order valence-electron chi connectivity index (χ1n) is 4.23. The maximum Gasteiger partial charge on any atom is 0.255 e. The number of halogens is 1. The highest BCUT2D eigenvalue weighted by Crippen LogP contribution is 2.49. The van der Waals surface area contributed by atoms with E-state index >= 15 is 0 Å². The van der Waals surface area contributed by atoms with Crippen LogP contribution in [0.5, 0.6) is 0 Å². The van der Waals surface area contributed by atoms with E-state index in [0.717, 1.165) is 6.42 Å². The summed E-state index contributed by atoms with van der Waals surface area (Å²) in [7, 11) is 0. The monoisotopic (exact) mass is 173 g/mol. The summed E-state index contributed by atoms with van der Waals surface area (Å²) in [5, 5.41) is 1.31. The Morgan fingerprint density at radius 1 is 1.75 bits per heavy atom. The third-order valence-electron chi connectivity index (χ3n) is 2.60. The van der Waals surface area contributed by atoms with E-state index in [1.54, 1.807) is 6.92 Å². The van der Waals surface area contributed by atoms with Gasteiger partial charge in [0.05, 0.1) is 18.6 Å². The third-order valence-corrected chi connectivity index (χ3v) is 2.60. The van der Waals surface area contributed by atoms with Gasteiger partial charge in [-0.3, -0.25) is 9.63 Å². The summed E-state index contributed by atoms with van der Waals surface area (Å²) in [4.78, 5) is 16.5. The molecular formula is C8H12FNO2. The van der Waals surface area contributed by atoms with Crippen LogP contribution in [0.1, 0.15) is 19.8 Å². The molecule has 0 radical (unpaired) electrons. The summed E-state index contributed by atoms with van der Waals surface area (Å²) >= 11 is 0. The largest absolute Gasteiger partial charge is 0.272 e. The van der Waals surface area contributed by atoms with Gasteiger partial charge >= 0.3 is 0 Å². The summed E-state index contributed by atoms with van der Waals surface area (Å²) < 4.78 is 12.8. The first-order valence-corrected chi connectivity index (χ1v) is 4.23. The van der Waals surface area contributed by atoms with Crippen molar-refractivity contribution in [3.05, 3.63) is 0 Å². The molecule has 1 aliphatic carbocycles. The van der Waals surface area contributed by atoms with E-state index in [9.17, 15) is 9.18 Å². The van der Waals surface area contributed by atoms with Gasteiger partial charge in [-0.05, 0) is 19.8 Å². The Balaban J connectivity index is 2.00. The average molecular weight is 173 g/mol. The molecule has 2 rings (SSSR count). The predicted octanol–water partition coefficient (Wildman–Crippen LogP) is 0.898. The number of hydroxylamine groups is 2. The summed E-state index contributed by atoms with van der Waals surface area (Å²) in [5.41, 5.74) is -0.773. The Labute approximate surface area is 70.4 Å². The van der Waals surface area contributed by atoms with E-state index in [1.165, 1.54) is 5.06 Å². The lowest BCUT2D eigenvalue weighted by Gasteiger charge is -2.17. The number of rotatable bonds is 1. The maximum absolute atomic E-state index is 12.8. The van der Waals surface area contributed by atoms with Gasteiger partial charge in [-0.25, -0.2) is 9.45 Å². The Bertz CT molecular complexity index is 215. The molecule has 0 aromatic rings. The van der Waals surface area contributed by atoms with Crippen molar-refractivity contribution in [1.82, 2.24) is 5.06 Å². The van der Waals surface area contributed by atoms with Crippen molar-refractivity contribution in [3.8, 4) is 0 Å². The minimum atomic E-state index is -0.964. The summed E-state index contributed by atoms with van der Waals surface area (Å²) in [5.74, 6) is -0.187. The van der Waals surface area contributed by atoms with Crippen LogP contribution in [0.4, 0.5) is 4.39 Å². The van der Waals surface area contributed by atoms with Crippen molar-refractivity contribution >= 4 is 5.91 Å². The molecule has 2 unspecified atom stereocenters. The van der Waals surface area contributed by atoms with Gasteiger partial charge in [-0.2, -0.15) is 0 Å². The van der Waals surface area contributed by atoms with E-state index in [2.05, 4.69) is 0 Å². The minimum Gasteiger partial charge on any atom is -0.272 e. The van der Waals surface area contributed by atoms with Gasteiger partial charge in [-0.15, -0.1) is 0 Å². The molecular weight excluding hydrogens is 161 g/mol. The van der Waals surface area contributed by atoms with E-state index < -0.39 is 11.6 Å². The van der Waals surface area contributed by atoms with Crippen molar-refractivity contribution in [2.75, 3.05) is 13.2 Å². The summed E-state index contributed by atoms with van der Waals surface area (Å²) in [6.07, 6.45) is 0.249. The van der Waals surface area contributed by atoms with Gasteiger partial charge in [0.2, 0.25) is 0 Å². The molecule has 4 heteroatoms. The van der Waals surface area contributed by atoms with Crippen LogP contribution in [0.2, 0.25) is 0 Å². The van der Waals surface area contributed by atoms with Gasteiger partial charge in [0.1, 0.15) is 6.17 Å².